The number of amides is 2. The van der Waals surface area contributed by atoms with Crippen LogP contribution in [0.5, 0.6) is 5.75 Å². The fourth-order valence-electron chi connectivity index (χ4n) is 6.35. The monoisotopic (exact) mass is 626 g/mol. The van der Waals surface area contributed by atoms with Gasteiger partial charge in [0, 0.05) is 43.0 Å². The number of hydrogen-bond donors (Lipinski definition) is 3. The summed E-state index contributed by atoms with van der Waals surface area (Å²) in [7, 11) is 0. The van der Waals surface area contributed by atoms with Crippen LogP contribution in [0.2, 0.25) is 0 Å². The Kier molecular flexibility index (Phi) is 7.74. The Balaban J connectivity index is 1.15. The summed E-state index contributed by atoms with van der Waals surface area (Å²) in [5, 5.41) is 20.0. The second kappa shape index (κ2) is 12.2. The molecule has 3 N–H and O–H groups in total. The molecule has 5 aromatic rings. The summed E-state index contributed by atoms with van der Waals surface area (Å²) in [4.78, 5) is 18.1. The first-order valence-corrected chi connectivity index (χ1v) is 14.7. The van der Waals surface area contributed by atoms with Gasteiger partial charge in [0.15, 0.2) is 5.82 Å². The second-order valence-corrected chi connectivity index (χ2v) is 11.3. The predicted molar refractivity (Wildman–Crippen MR) is 167 cm³/mol. The van der Waals surface area contributed by atoms with Gasteiger partial charge in [-0.3, -0.25) is 4.90 Å². The number of aromatic amines is 1. The molecule has 2 fully saturated rings. The number of hydrogen-bond acceptors (Lipinski definition) is 7. The number of tetrazole rings is 1. The van der Waals surface area contributed by atoms with Crippen molar-refractivity contribution in [2.45, 2.75) is 31.4 Å². The lowest BCUT2D eigenvalue weighted by molar-refractivity contribution is -0.274. The van der Waals surface area contributed by atoms with Crippen LogP contribution in [0, 0.1) is 0 Å². The number of rotatable bonds is 8. The van der Waals surface area contributed by atoms with Crippen LogP contribution < -0.4 is 20.3 Å². The summed E-state index contributed by atoms with van der Waals surface area (Å²) in [6, 6.07) is 29.2. The van der Waals surface area contributed by atoms with E-state index in [1.807, 2.05) is 48.5 Å². The Morgan fingerprint density at radius 2 is 1.65 bits per heavy atom. The average molecular weight is 627 g/mol. The molecule has 2 aliphatic rings. The molecule has 2 bridgehead atoms. The molecule has 3 heterocycles. The number of carbonyl (C=O) groups is 1. The number of aromatic nitrogens is 4. The quantitative estimate of drug-likeness (QED) is 0.179. The summed E-state index contributed by atoms with van der Waals surface area (Å²) < 4.78 is 41.7. The molecule has 0 spiro atoms. The van der Waals surface area contributed by atoms with Crippen molar-refractivity contribution in [3.8, 4) is 28.3 Å². The number of nitrogens with one attached hydrogen (secondary N) is 3. The van der Waals surface area contributed by atoms with Crippen molar-refractivity contribution in [1.82, 2.24) is 25.5 Å². The first-order chi connectivity index (χ1) is 22.3. The lowest BCUT2D eigenvalue weighted by Gasteiger charge is -2.36. The fourth-order valence-corrected chi connectivity index (χ4v) is 6.35. The van der Waals surface area contributed by atoms with Gasteiger partial charge in [0.2, 0.25) is 0 Å². The van der Waals surface area contributed by atoms with Crippen LogP contribution in [-0.4, -0.2) is 63.1 Å². The zero-order valence-corrected chi connectivity index (χ0v) is 24.4. The molecule has 234 valence electrons. The lowest BCUT2D eigenvalue weighted by atomic mass is 9.98. The fraction of sp³-hybridized carbons (Fsp3) is 0.212. The number of H-pyrrole nitrogens is 1. The number of likely N-dealkylation sites (tertiary alicyclic amines) is 1. The number of piperazine rings is 1. The Labute approximate surface area is 262 Å². The van der Waals surface area contributed by atoms with E-state index in [0.29, 0.717) is 23.2 Å². The number of nitrogens with zero attached hydrogens (tertiary/aromatic N) is 5. The number of halogens is 3. The number of carbonyl (C=O) groups excluding carboxylic acids is 1. The summed E-state index contributed by atoms with van der Waals surface area (Å²) in [5.74, 6) is 0.139. The van der Waals surface area contributed by atoms with Gasteiger partial charge in [-0.1, -0.05) is 60.7 Å². The van der Waals surface area contributed by atoms with Crippen molar-refractivity contribution in [3.05, 3.63) is 103 Å². The minimum atomic E-state index is -4.80. The zero-order valence-electron chi connectivity index (χ0n) is 24.4. The average Bonchev–Trinajstić information content (AvgIpc) is 3.81. The van der Waals surface area contributed by atoms with Crippen molar-refractivity contribution in [2.75, 3.05) is 28.6 Å². The molecule has 2 saturated heterocycles. The van der Waals surface area contributed by atoms with E-state index in [1.54, 1.807) is 0 Å². The van der Waals surface area contributed by atoms with Crippen LogP contribution in [0.3, 0.4) is 0 Å². The van der Waals surface area contributed by atoms with Crippen LogP contribution in [0.15, 0.2) is 97.1 Å². The molecule has 0 saturated carbocycles. The first kappa shape index (κ1) is 29.3. The third-order valence-corrected chi connectivity index (χ3v) is 8.32. The molecule has 0 radical (unpaired) electrons. The molecule has 13 heteroatoms. The maximum absolute atomic E-state index is 13.3. The van der Waals surface area contributed by atoms with E-state index in [0.717, 1.165) is 60.6 Å². The standard InChI is InChI=1S/C33H29F3N8O2/c34-33(35,36)46-26-13-11-23(12-14-26)37-32(45)38-29-16-22(27-8-4-5-9-28(27)31-39-41-42-40-31)10-15-30(29)44-20-24-17-25(44)19-43(24)18-21-6-2-1-3-7-21/h1-16,24-25H,17-20H2,(H2,37,38,45)(H,39,40,41,42). The van der Waals surface area contributed by atoms with E-state index in [2.05, 4.69) is 70.1 Å². The summed E-state index contributed by atoms with van der Waals surface area (Å²) >= 11 is 0. The molecule has 1 aromatic heterocycles. The summed E-state index contributed by atoms with van der Waals surface area (Å²) in [6.07, 6.45) is -3.78. The van der Waals surface area contributed by atoms with E-state index in [4.69, 9.17) is 0 Å². The highest BCUT2D eigenvalue weighted by Crippen LogP contribution is 2.41. The Morgan fingerprint density at radius 1 is 0.891 bits per heavy atom. The van der Waals surface area contributed by atoms with Crippen LogP contribution >= 0.6 is 0 Å². The number of anilines is 3. The van der Waals surface area contributed by atoms with Gasteiger partial charge in [0.1, 0.15) is 5.75 Å². The van der Waals surface area contributed by atoms with Crippen LogP contribution in [0.25, 0.3) is 22.5 Å². The van der Waals surface area contributed by atoms with E-state index in [-0.39, 0.29) is 11.8 Å². The molecule has 46 heavy (non-hydrogen) atoms. The normalized spacial score (nSPS) is 17.7. The molecule has 10 nitrogen and oxygen atoms in total. The van der Waals surface area contributed by atoms with Crippen molar-refractivity contribution in [2.24, 2.45) is 0 Å². The van der Waals surface area contributed by atoms with E-state index in [9.17, 15) is 18.0 Å². The number of alkyl halides is 3. The van der Waals surface area contributed by atoms with Crippen molar-refractivity contribution < 1.29 is 22.7 Å². The number of benzene rings is 4. The molecule has 2 unspecified atom stereocenters. The lowest BCUT2D eigenvalue weighted by Crippen LogP contribution is -2.46. The third-order valence-electron chi connectivity index (χ3n) is 8.32. The zero-order chi connectivity index (χ0) is 31.7. The maximum Gasteiger partial charge on any atom is 0.573 e. The molecular weight excluding hydrogens is 597 g/mol. The second-order valence-electron chi connectivity index (χ2n) is 11.3. The minimum Gasteiger partial charge on any atom is -0.406 e. The van der Waals surface area contributed by atoms with Gasteiger partial charge < -0.3 is 20.3 Å². The van der Waals surface area contributed by atoms with E-state index in [1.165, 1.54) is 17.7 Å². The highest BCUT2D eigenvalue weighted by molar-refractivity contribution is 6.03. The SMILES string of the molecule is O=C(Nc1ccc(OC(F)(F)F)cc1)Nc1cc(-c2ccccc2-c2nnn[nH]2)ccc1N1CC2CC1CN2Cc1ccccc1. The highest BCUT2D eigenvalue weighted by Gasteiger charge is 2.43. The molecule has 4 aromatic carbocycles. The minimum absolute atomic E-state index is 0.275. The van der Waals surface area contributed by atoms with Gasteiger partial charge in [-0.25, -0.2) is 9.89 Å². The molecular formula is C33H29F3N8O2. The molecule has 0 aliphatic carbocycles. The van der Waals surface area contributed by atoms with Gasteiger partial charge in [0.05, 0.1) is 11.4 Å². The largest absolute Gasteiger partial charge is 0.573 e. The van der Waals surface area contributed by atoms with Crippen LogP contribution in [-0.2, 0) is 6.54 Å². The molecule has 7 rings (SSSR count). The van der Waals surface area contributed by atoms with Crippen molar-refractivity contribution >= 4 is 23.1 Å². The van der Waals surface area contributed by atoms with Gasteiger partial charge in [0.25, 0.3) is 0 Å². The first-order valence-electron chi connectivity index (χ1n) is 14.7. The summed E-state index contributed by atoms with van der Waals surface area (Å²) in [6.45, 7) is 2.61. The highest BCUT2D eigenvalue weighted by atomic mass is 19.4. The Morgan fingerprint density at radius 3 is 2.35 bits per heavy atom. The van der Waals surface area contributed by atoms with Gasteiger partial charge >= 0.3 is 12.4 Å². The van der Waals surface area contributed by atoms with Gasteiger partial charge in [-0.2, -0.15) is 0 Å². The van der Waals surface area contributed by atoms with E-state index < -0.39 is 12.4 Å². The van der Waals surface area contributed by atoms with Crippen molar-refractivity contribution in [1.29, 1.82) is 0 Å². The predicted octanol–water partition coefficient (Wildman–Crippen LogP) is 6.54. The van der Waals surface area contributed by atoms with E-state index >= 15 is 0 Å². The molecule has 2 aliphatic heterocycles. The smallest absolute Gasteiger partial charge is 0.406 e. The van der Waals surface area contributed by atoms with Gasteiger partial charge in [-0.05, 0) is 69.9 Å². The van der Waals surface area contributed by atoms with Crippen LogP contribution in [0.1, 0.15) is 12.0 Å². The van der Waals surface area contributed by atoms with Crippen LogP contribution in [0.4, 0.5) is 35.0 Å². The van der Waals surface area contributed by atoms with Crippen molar-refractivity contribution in [3.63, 3.8) is 0 Å². The topological polar surface area (TPSA) is 111 Å². The molecule has 2 amide bonds. The Bertz CT molecular complexity index is 1820. The number of urea groups is 1. The number of ether oxygens (including phenoxy) is 1. The third kappa shape index (κ3) is 6.35. The van der Waals surface area contributed by atoms with Gasteiger partial charge in [-0.15, -0.1) is 18.3 Å². The summed E-state index contributed by atoms with van der Waals surface area (Å²) in [5.41, 5.74) is 5.59. The number of fused-ring (bicyclic) bond motifs is 2. The molecule has 2 atom stereocenters. The Hall–Kier alpha value is -5.43. The maximum atomic E-state index is 13.3.